The topological polar surface area (TPSA) is 72.4 Å². The highest BCUT2D eigenvalue weighted by Crippen LogP contribution is 2.22. The van der Waals surface area contributed by atoms with E-state index in [9.17, 15) is 10.1 Å². The Labute approximate surface area is 132 Å². The van der Waals surface area contributed by atoms with Crippen LogP contribution in [0.25, 0.3) is 23.3 Å². The molecule has 0 bridgehead atoms. The van der Waals surface area contributed by atoms with Gasteiger partial charge in [0.15, 0.2) is 5.58 Å². The van der Waals surface area contributed by atoms with Gasteiger partial charge in [-0.15, -0.1) is 0 Å². The highest BCUT2D eigenvalue weighted by molar-refractivity contribution is 5.78. The van der Waals surface area contributed by atoms with Gasteiger partial charge in [-0.2, -0.15) is 0 Å². The van der Waals surface area contributed by atoms with E-state index in [0.717, 1.165) is 11.3 Å². The van der Waals surface area contributed by atoms with Crippen LogP contribution in [0.4, 0.5) is 11.4 Å². The minimum Gasteiger partial charge on any atom is -0.437 e. The van der Waals surface area contributed by atoms with Gasteiger partial charge >= 0.3 is 0 Å². The first-order valence-corrected chi connectivity index (χ1v) is 7.03. The standard InChI is InChI=1S/C17H15N3O3/c1-19(2)13-6-3-12(4-7-13)5-10-17-18-15-11-14(20(21)22)8-9-16(15)23-17/h3-11H,1-2H3/b10-5+. The number of non-ortho nitro benzene ring substituents is 1. The maximum absolute atomic E-state index is 10.8. The van der Waals surface area contributed by atoms with Gasteiger partial charge in [-0.25, -0.2) is 4.98 Å². The molecule has 3 rings (SSSR count). The molecule has 1 heterocycles. The lowest BCUT2D eigenvalue weighted by Crippen LogP contribution is -2.07. The summed E-state index contributed by atoms with van der Waals surface area (Å²) in [4.78, 5) is 16.6. The number of nitrogens with zero attached hydrogens (tertiary/aromatic N) is 3. The minimum absolute atomic E-state index is 0.000559. The third kappa shape index (κ3) is 3.21. The number of hydrogen-bond acceptors (Lipinski definition) is 5. The molecule has 0 atom stereocenters. The number of oxazole rings is 1. The normalized spacial score (nSPS) is 11.2. The van der Waals surface area contributed by atoms with Gasteiger partial charge in [0.25, 0.3) is 5.69 Å². The molecule has 2 aromatic carbocycles. The van der Waals surface area contributed by atoms with Crippen molar-refractivity contribution in [2.45, 2.75) is 0 Å². The number of fused-ring (bicyclic) bond motifs is 1. The summed E-state index contributed by atoms with van der Waals surface area (Å²) < 4.78 is 5.56. The van der Waals surface area contributed by atoms with E-state index in [1.54, 1.807) is 12.1 Å². The number of hydrogen-bond donors (Lipinski definition) is 0. The monoisotopic (exact) mass is 309 g/mol. The van der Waals surface area contributed by atoms with Gasteiger partial charge in [0.2, 0.25) is 5.89 Å². The number of rotatable bonds is 4. The Morgan fingerprint density at radius 2 is 1.87 bits per heavy atom. The maximum Gasteiger partial charge on any atom is 0.271 e. The summed E-state index contributed by atoms with van der Waals surface area (Å²) in [5, 5.41) is 10.8. The smallest absolute Gasteiger partial charge is 0.271 e. The Hall–Kier alpha value is -3.15. The molecule has 1 aromatic heterocycles. The van der Waals surface area contributed by atoms with Crippen LogP contribution in [0.3, 0.4) is 0 Å². The second-order valence-corrected chi connectivity index (χ2v) is 5.28. The fraction of sp³-hybridized carbons (Fsp3) is 0.118. The largest absolute Gasteiger partial charge is 0.437 e. The molecule has 23 heavy (non-hydrogen) atoms. The second-order valence-electron chi connectivity index (χ2n) is 5.28. The number of nitro benzene ring substituents is 1. The molecule has 6 nitrogen and oxygen atoms in total. The van der Waals surface area contributed by atoms with Gasteiger partial charge in [0, 0.05) is 38.0 Å². The molecule has 0 saturated heterocycles. The molecule has 0 aliphatic heterocycles. The van der Waals surface area contributed by atoms with E-state index >= 15 is 0 Å². The van der Waals surface area contributed by atoms with Crippen LogP contribution >= 0.6 is 0 Å². The summed E-state index contributed by atoms with van der Waals surface area (Å²) >= 11 is 0. The summed E-state index contributed by atoms with van der Waals surface area (Å²) in [6, 6.07) is 12.4. The first-order chi connectivity index (χ1) is 11.0. The molecular weight excluding hydrogens is 294 g/mol. The van der Waals surface area contributed by atoms with Gasteiger partial charge in [-0.3, -0.25) is 10.1 Å². The Morgan fingerprint density at radius 1 is 1.13 bits per heavy atom. The zero-order valence-electron chi connectivity index (χ0n) is 12.8. The van der Waals surface area contributed by atoms with E-state index in [1.807, 2.05) is 49.3 Å². The summed E-state index contributed by atoms with van der Waals surface area (Å²) in [5.41, 5.74) is 3.14. The van der Waals surface area contributed by atoms with E-state index in [4.69, 9.17) is 4.42 Å². The van der Waals surface area contributed by atoms with Crippen LogP contribution in [0, 0.1) is 10.1 Å². The van der Waals surface area contributed by atoms with Crippen LogP contribution < -0.4 is 4.90 Å². The first kappa shape index (κ1) is 14.8. The van der Waals surface area contributed by atoms with Crippen molar-refractivity contribution in [2.24, 2.45) is 0 Å². The maximum atomic E-state index is 10.8. The number of benzene rings is 2. The van der Waals surface area contributed by atoms with Crippen molar-refractivity contribution in [3.8, 4) is 0 Å². The summed E-state index contributed by atoms with van der Waals surface area (Å²) in [7, 11) is 3.98. The first-order valence-electron chi connectivity index (χ1n) is 7.03. The van der Waals surface area contributed by atoms with E-state index in [-0.39, 0.29) is 5.69 Å². The van der Waals surface area contributed by atoms with Gasteiger partial charge in [-0.05, 0) is 29.8 Å². The molecule has 3 aromatic rings. The highest BCUT2D eigenvalue weighted by atomic mass is 16.6. The minimum atomic E-state index is -0.448. The molecule has 0 N–H and O–H groups in total. The third-order valence-corrected chi connectivity index (χ3v) is 3.43. The van der Waals surface area contributed by atoms with Crippen molar-refractivity contribution in [2.75, 3.05) is 19.0 Å². The molecule has 0 unspecified atom stereocenters. The SMILES string of the molecule is CN(C)c1ccc(/C=C/c2nc3cc([N+](=O)[O-])ccc3o2)cc1. The van der Waals surface area contributed by atoms with Crippen molar-refractivity contribution < 1.29 is 9.34 Å². The Bertz CT molecular complexity index is 880. The number of aromatic nitrogens is 1. The molecule has 0 amide bonds. The van der Waals surface area contributed by atoms with Crippen LogP contribution in [0.1, 0.15) is 11.5 Å². The molecule has 6 heteroatoms. The van der Waals surface area contributed by atoms with Crippen LogP contribution in [0.15, 0.2) is 46.9 Å². The van der Waals surface area contributed by atoms with Gasteiger partial charge in [-0.1, -0.05) is 12.1 Å². The van der Waals surface area contributed by atoms with E-state index in [1.165, 1.54) is 12.1 Å². The summed E-state index contributed by atoms with van der Waals surface area (Å²) in [5.74, 6) is 0.414. The summed E-state index contributed by atoms with van der Waals surface area (Å²) in [6.45, 7) is 0. The molecule has 0 radical (unpaired) electrons. The molecular formula is C17H15N3O3. The molecule has 0 aliphatic carbocycles. The van der Waals surface area contributed by atoms with Crippen molar-refractivity contribution in [3.63, 3.8) is 0 Å². The van der Waals surface area contributed by atoms with Gasteiger partial charge in [0.05, 0.1) is 4.92 Å². The Morgan fingerprint density at radius 3 is 2.52 bits per heavy atom. The lowest BCUT2D eigenvalue weighted by Gasteiger charge is -2.11. The van der Waals surface area contributed by atoms with E-state index < -0.39 is 4.92 Å². The fourth-order valence-electron chi connectivity index (χ4n) is 2.17. The zero-order valence-corrected chi connectivity index (χ0v) is 12.8. The molecule has 0 saturated carbocycles. The van der Waals surface area contributed by atoms with E-state index in [2.05, 4.69) is 4.98 Å². The van der Waals surface area contributed by atoms with Crippen LogP contribution in [-0.4, -0.2) is 24.0 Å². The average Bonchev–Trinajstić information content (AvgIpc) is 2.95. The Balaban J connectivity index is 1.84. The van der Waals surface area contributed by atoms with Crippen molar-refractivity contribution in [1.29, 1.82) is 0 Å². The highest BCUT2D eigenvalue weighted by Gasteiger charge is 2.10. The third-order valence-electron chi connectivity index (χ3n) is 3.43. The van der Waals surface area contributed by atoms with Crippen LogP contribution in [0.2, 0.25) is 0 Å². The van der Waals surface area contributed by atoms with E-state index in [0.29, 0.717) is 17.0 Å². The zero-order chi connectivity index (χ0) is 16.4. The van der Waals surface area contributed by atoms with Crippen molar-refractivity contribution in [3.05, 3.63) is 64.0 Å². The predicted molar refractivity (Wildman–Crippen MR) is 90.4 cm³/mol. The van der Waals surface area contributed by atoms with Crippen LogP contribution in [0.5, 0.6) is 0 Å². The molecule has 0 aliphatic rings. The molecule has 0 fully saturated rings. The quantitative estimate of drug-likeness (QED) is 0.538. The van der Waals surface area contributed by atoms with Crippen molar-refractivity contribution >= 4 is 34.6 Å². The Kier molecular flexibility index (Phi) is 3.80. The average molecular weight is 309 g/mol. The fourth-order valence-corrected chi connectivity index (χ4v) is 2.17. The van der Waals surface area contributed by atoms with Crippen LogP contribution in [-0.2, 0) is 0 Å². The molecule has 0 spiro atoms. The second kappa shape index (κ2) is 5.92. The lowest BCUT2D eigenvalue weighted by molar-refractivity contribution is -0.384. The van der Waals surface area contributed by atoms with Crippen molar-refractivity contribution in [1.82, 2.24) is 4.98 Å². The summed E-state index contributed by atoms with van der Waals surface area (Å²) in [6.07, 6.45) is 3.63. The number of nitro groups is 1. The predicted octanol–water partition coefficient (Wildman–Crippen LogP) is 3.97. The lowest BCUT2D eigenvalue weighted by atomic mass is 10.2. The molecule has 116 valence electrons. The van der Waals surface area contributed by atoms with Gasteiger partial charge in [0.1, 0.15) is 5.52 Å². The number of anilines is 1. The van der Waals surface area contributed by atoms with Gasteiger partial charge < -0.3 is 9.32 Å².